The molecule has 1 heterocycles. The van der Waals surface area contributed by atoms with Crippen LogP contribution in [0.15, 0.2) is 42.5 Å². The average Bonchev–Trinajstić information content (AvgIpc) is 2.33. The highest BCUT2D eigenvalue weighted by Crippen LogP contribution is 2.13. The molecule has 0 bridgehead atoms. The van der Waals surface area contributed by atoms with Gasteiger partial charge in [-0.3, -0.25) is 4.79 Å². The first kappa shape index (κ1) is 11.9. The Morgan fingerprint density at radius 1 is 1.06 bits per heavy atom. The zero-order valence-corrected chi connectivity index (χ0v) is 10.1. The predicted molar refractivity (Wildman–Crippen MR) is 65.3 cm³/mol. The zero-order valence-electron chi connectivity index (χ0n) is 8.56. The van der Waals surface area contributed by atoms with Gasteiger partial charge in [-0.15, -0.1) is 0 Å². The van der Waals surface area contributed by atoms with Crippen molar-refractivity contribution in [2.45, 2.75) is 0 Å². The molecule has 0 saturated carbocycles. The van der Waals surface area contributed by atoms with E-state index in [0.29, 0.717) is 15.3 Å². The quantitative estimate of drug-likeness (QED) is 0.364. The molecule has 1 aromatic carbocycles. The van der Waals surface area contributed by atoms with Gasteiger partial charge in [0, 0.05) is 22.7 Å². The number of ketones is 1. The Morgan fingerprint density at radius 2 is 1.71 bits per heavy atom. The summed E-state index contributed by atoms with van der Waals surface area (Å²) in [7, 11) is 0. The number of benzene rings is 1. The topological polar surface area (TPSA) is 44.0 Å². The number of hydrogen-bond donors (Lipinski definition) is 0. The number of hydrogen-bond acceptors (Lipinski definition) is 2. The normalized spacial score (nSPS) is 10.2. The van der Waals surface area contributed by atoms with E-state index in [1.807, 2.05) is 0 Å². The largest absolute Gasteiger partial charge is 0.617 e. The summed E-state index contributed by atoms with van der Waals surface area (Å²) in [6.45, 7) is 0. The zero-order chi connectivity index (χ0) is 12.4. The molecule has 0 amide bonds. The third-order valence-electron chi connectivity index (χ3n) is 2.24. The molecule has 0 aliphatic heterocycles. The smallest absolute Gasteiger partial charge is 0.286 e. The molecule has 0 atom stereocenters. The molecule has 0 aliphatic rings. The van der Waals surface area contributed by atoms with Crippen LogP contribution in [0.3, 0.4) is 0 Å². The summed E-state index contributed by atoms with van der Waals surface area (Å²) in [6.07, 6.45) is 0. The summed E-state index contributed by atoms with van der Waals surface area (Å²) in [5, 5.41) is 12.1. The lowest BCUT2D eigenvalue weighted by Crippen LogP contribution is -2.35. The van der Waals surface area contributed by atoms with E-state index in [9.17, 15) is 10.0 Å². The fourth-order valence-electron chi connectivity index (χ4n) is 1.39. The monoisotopic (exact) mass is 267 g/mol. The van der Waals surface area contributed by atoms with Crippen molar-refractivity contribution in [1.29, 1.82) is 0 Å². The lowest BCUT2D eigenvalue weighted by Gasteiger charge is -2.04. The molecule has 0 N–H and O–H groups in total. The van der Waals surface area contributed by atoms with E-state index in [1.165, 1.54) is 12.1 Å². The lowest BCUT2D eigenvalue weighted by atomic mass is 10.1. The van der Waals surface area contributed by atoms with Crippen LogP contribution in [0.5, 0.6) is 0 Å². The predicted octanol–water partition coefficient (Wildman–Crippen LogP) is 2.86. The van der Waals surface area contributed by atoms with Crippen LogP contribution in [-0.2, 0) is 0 Å². The Balaban J connectivity index is 2.44. The van der Waals surface area contributed by atoms with Crippen molar-refractivity contribution in [2.75, 3.05) is 0 Å². The highest BCUT2D eigenvalue weighted by Gasteiger charge is 2.19. The van der Waals surface area contributed by atoms with E-state index in [1.54, 1.807) is 30.3 Å². The van der Waals surface area contributed by atoms with Crippen LogP contribution in [-0.4, -0.2) is 5.78 Å². The van der Waals surface area contributed by atoms with Gasteiger partial charge in [-0.2, -0.15) is 4.73 Å². The maximum atomic E-state index is 12.0. The van der Waals surface area contributed by atoms with Crippen molar-refractivity contribution in [2.24, 2.45) is 0 Å². The molecule has 0 spiro atoms. The van der Waals surface area contributed by atoms with Gasteiger partial charge in [0.15, 0.2) is 0 Å². The van der Waals surface area contributed by atoms with Gasteiger partial charge in [0.2, 0.25) is 0 Å². The maximum Gasteiger partial charge on any atom is 0.286 e. The maximum absolute atomic E-state index is 12.0. The molecule has 2 aromatic rings. The molecule has 0 radical (unpaired) electrons. The van der Waals surface area contributed by atoms with E-state index in [2.05, 4.69) is 0 Å². The Kier molecular flexibility index (Phi) is 3.31. The number of carbonyl (C=O) groups is 1. The van der Waals surface area contributed by atoms with Gasteiger partial charge in [0.05, 0.1) is 0 Å². The second kappa shape index (κ2) is 4.73. The first-order valence-electron chi connectivity index (χ1n) is 4.78. The summed E-state index contributed by atoms with van der Waals surface area (Å²) < 4.78 is 0.401. The number of halogens is 2. The van der Waals surface area contributed by atoms with Gasteiger partial charge < -0.3 is 5.21 Å². The first-order chi connectivity index (χ1) is 8.09. The van der Waals surface area contributed by atoms with Gasteiger partial charge >= 0.3 is 0 Å². The Bertz CT molecular complexity index is 567. The highest BCUT2D eigenvalue weighted by molar-refractivity contribution is 6.30. The van der Waals surface area contributed by atoms with E-state index in [4.69, 9.17) is 23.2 Å². The van der Waals surface area contributed by atoms with Crippen molar-refractivity contribution < 1.29 is 9.52 Å². The van der Waals surface area contributed by atoms with Gasteiger partial charge in [-0.05, 0) is 41.9 Å². The molecule has 86 valence electrons. The van der Waals surface area contributed by atoms with Crippen LogP contribution in [0.2, 0.25) is 10.2 Å². The Morgan fingerprint density at radius 3 is 2.35 bits per heavy atom. The molecule has 5 heteroatoms. The minimum absolute atomic E-state index is 0.0141. The number of rotatable bonds is 2. The Labute approximate surface area is 108 Å². The summed E-state index contributed by atoms with van der Waals surface area (Å²) >= 11 is 11.4. The Hall–Kier alpha value is -1.58. The molecule has 0 aliphatic carbocycles. The van der Waals surface area contributed by atoms with Crippen LogP contribution in [0.25, 0.3) is 0 Å². The van der Waals surface area contributed by atoms with E-state index < -0.39 is 0 Å². The van der Waals surface area contributed by atoms with Crippen LogP contribution in [0.4, 0.5) is 0 Å². The van der Waals surface area contributed by atoms with Gasteiger partial charge in [0.1, 0.15) is 0 Å². The highest BCUT2D eigenvalue weighted by atomic mass is 35.5. The van der Waals surface area contributed by atoms with Crippen LogP contribution >= 0.6 is 23.2 Å². The van der Waals surface area contributed by atoms with Gasteiger partial charge in [-0.1, -0.05) is 11.6 Å². The van der Waals surface area contributed by atoms with Crippen LogP contribution in [0.1, 0.15) is 16.1 Å². The van der Waals surface area contributed by atoms with Gasteiger partial charge in [-0.25, -0.2) is 0 Å². The summed E-state index contributed by atoms with van der Waals surface area (Å²) in [6, 6.07) is 10.7. The van der Waals surface area contributed by atoms with Crippen molar-refractivity contribution >= 4 is 29.0 Å². The molecular formula is C12H7Cl2NO2. The third-order valence-corrected chi connectivity index (χ3v) is 2.77. The van der Waals surface area contributed by atoms with Crippen molar-refractivity contribution in [3.8, 4) is 0 Å². The second-order valence-electron chi connectivity index (χ2n) is 3.36. The fourth-order valence-corrected chi connectivity index (χ4v) is 1.68. The summed E-state index contributed by atoms with van der Waals surface area (Å²) in [4.78, 5) is 12.0. The first-order valence-corrected chi connectivity index (χ1v) is 5.53. The van der Waals surface area contributed by atoms with E-state index in [-0.39, 0.29) is 16.6 Å². The van der Waals surface area contributed by atoms with Gasteiger partial charge in [0.25, 0.3) is 16.6 Å². The minimum Gasteiger partial charge on any atom is -0.617 e. The second-order valence-corrected chi connectivity index (χ2v) is 4.19. The number of carbonyl (C=O) groups excluding carboxylic acids is 1. The molecular weight excluding hydrogens is 261 g/mol. The van der Waals surface area contributed by atoms with E-state index >= 15 is 0 Å². The van der Waals surface area contributed by atoms with Crippen LogP contribution in [0, 0.1) is 5.21 Å². The fraction of sp³-hybridized carbons (Fsp3) is 0. The van der Waals surface area contributed by atoms with Crippen molar-refractivity contribution in [3.05, 3.63) is 69.1 Å². The van der Waals surface area contributed by atoms with Crippen LogP contribution < -0.4 is 4.73 Å². The third kappa shape index (κ3) is 2.40. The minimum atomic E-state index is -0.390. The number of aromatic nitrogens is 1. The molecule has 3 nitrogen and oxygen atoms in total. The average molecular weight is 268 g/mol. The standard InChI is InChI=1S/C12H7Cl2NO2/c13-9-6-4-8(5-7-9)12(16)10-2-1-3-11(14)15(10)17/h1-7H. The summed E-state index contributed by atoms with van der Waals surface area (Å²) in [5.74, 6) is -0.390. The summed E-state index contributed by atoms with van der Waals surface area (Å²) in [5.41, 5.74) is 0.376. The molecule has 0 fully saturated rings. The molecule has 17 heavy (non-hydrogen) atoms. The lowest BCUT2D eigenvalue weighted by molar-refractivity contribution is -0.605. The molecule has 2 rings (SSSR count). The van der Waals surface area contributed by atoms with Crippen molar-refractivity contribution in [1.82, 2.24) is 0 Å². The molecule has 0 saturated heterocycles. The van der Waals surface area contributed by atoms with Crippen molar-refractivity contribution in [3.63, 3.8) is 0 Å². The number of nitrogens with zero attached hydrogens (tertiary/aromatic N) is 1. The number of pyridine rings is 1. The molecule has 0 unspecified atom stereocenters. The SMILES string of the molecule is O=C(c1ccc(Cl)cc1)c1cccc(Cl)[n+]1[O-]. The molecule has 1 aromatic heterocycles. The van der Waals surface area contributed by atoms with E-state index in [0.717, 1.165) is 0 Å².